The Balaban J connectivity index is 2.01. The Morgan fingerprint density at radius 1 is 1.38 bits per heavy atom. The van der Waals surface area contributed by atoms with E-state index in [-0.39, 0.29) is 0 Å². The summed E-state index contributed by atoms with van der Waals surface area (Å²) in [6, 6.07) is 1.81. The summed E-state index contributed by atoms with van der Waals surface area (Å²) < 4.78 is 0. The third-order valence-electron chi connectivity index (χ3n) is 1.94. The summed E-state index contributed by atoms with van der Waals surface area (Å²) in [4.78, 5) is 14.3. The van der Waals surface area contributed by atoms with Crippen molar-refractivity contribution in [2.45, 2.75) is 6.54 Å². The maximum atomic E-state index is 4.31. The highest BCUT2D eigenvalue weighted by molar-refractivity contribution is 5.40. The molecule has 0 aliphatic rings. The highest BCUT2D eigenvalue weighted by Crippen LogP contribution is 2.08. The molecule has 7 nitrogen and oxygen atoms in total. The molecule has 0 bridgehead atoms. The van der Waals surface area contributed by atoms with Crippen LogP contribution in [-0.2, 0) is 6.54 Å². The van der Waals surface area contributed by atoms with Crippen molar-refractivity contribution < 1.29 is 0 Å². The lowest BCUT2D eigenvalue weighted by Crippen LogP contribution is -2.13. The second-order valence-electron chi connectivity index (χ2n) is 3.42. The van der Waals surface area contributed by atoms with Gasteiger partial charge >= 0.3 is 0 Å². The molecule has 2 rings (SSSR count). The average molecular weight is 219 g/mol. The second kappa shape index (κ2) is 4.56. The first kappa shape index (κ1) is 10.3. The van der Waals surface area contributed by atoms with Gasteiger partial charge in [0.05, 0.1) is 6.54 Å². The van der Waals surface area contributed by atoms with Gasteiger partial charge in [-0.3, -0.25) is 5.10 Å². The number of H-pyrrole nitrogens is 1. The summed E-state index contributed by atoms with van der Waals surface area (Å²) in [5, 5.41) is 9.66. The van der Waals surface area contributed by atoms with Crippen molar-refractivity contribution >= 4 is 11.8 Å². The van der Waals surface area contributed by atoms with Gasteiger partial charge in [0.25, 0.3) is 0 Å². The molecule has 7 heteroatoms. The average Bonchev–Trinajstić information content (AvgIpc) is 2.79. The Labute approximate surface area is 92.9 Å². The van der Waals surface area contributed by atoms with Crippen LogP contribution < -0.4 is 10.2 Å². The molecule has 0 aliphatic heterocycles. The number of anilines is 2. The predicted molar refractivity (Wildman–Crippen MR) is 60.1 cm³/mol. The van der Waals surface area contributed by atoms with Crippen molar-refractivity contribution in [3.05, 3.63) is 24.4 Å². The van der Waals surface area contributed by atoms with Gasteiger partial charge in [-0.05, 0) is 6.07 Å². The van der Waals surface area contributed by atoms with Gasteiger partial charge in [0, 0.05) is 20.3 Å². The van der Waals surface area contributed by atoms with Crippen LogP contribution in [0.2, 0.25) is 0 Å². The molecular weight excluding hydrogens is 206 g/mol. The van der Waals surface area contributed by atoms with Gasteiger partial charge in [-0.2, -0.15) is 10.1 Å². The highest BCUT2D eigenvalue weighted by Gasteiger charge is 2.01. The smallest absolute Gasteiger partial charge is 0.226 e. The first-order valence-electron chi connectivity index (χ1n) is 4.84. The molecule has 0 amide bonds. The van der Waals surface area contributed by atoms with E-state index in [9.17, 15) is 0 Å². The first-order valence-corrected chi connectivity index (χ1v) is 4.84. The maximum absolute atomic E-state index is 4.31. The van der Waals surface area contributed by atoms with E-state index in [1.807, 2.05) is 25.1 Å². The molecule has 0 aromatic carbocycles. The molecule has 0 saturated heterocycles. The van der Waals surface area contributed by atoms with E-state index in [0.717, 1.165) is 11.6 Å². The van der Waals surface area contributed by atoms with Gasteiger partial charge in [-0.15, -0.1) is 0 Å². The monoisotopic (exact) mass is 219 g/mol. The highest BCUT2D eigenvalue weighted by atomic mass is 15.2. The lowest BCUT2D eigenvalue weighted by Gasteiger charge is -2.11. The van der Waals surface area contributed by atoms with Crippen LogP contribution in [0.25, 0.3) is 0 Å². The minimum atomic E-state index is 0.559. The molecule has 2 aromatic heterocycles. The molecule has 0 atom stereocenters. The van der Waals surface area contributed by atoms with Crippen LogP contribution in [-0.4, -0.2) is 39.2 Å². The minimum absolute atomic E-state index is 0.559. The van der Waals surface area contributed by atoms with E-state index in [2.05, 4.69) is 30.5 Å². The summed E-state index contributed by atoms with van der Waals surface area (Å²) in [6.45, 7) is 0.559. The molecule has 0 radical (unpaired) electrons. The largest absolute Gasteiger partial charge is 0.363 e. The number of hydrogen-bond donors (Lipinski definition) is 2. The number of hydrogen-bond acceptors (Lipinski definition) is 6. The Morgan fingerprint density at radius 3 is 2.94 bits per heavy atom. The first-order chi connectivity index (χ1) is 7.75. The fourth-order valence-corrected chi connectivity index (χ4v) is 1.15. The summed E-state index contributed by atoms with van der Waals surface area (Å²) in [7, 11) is 3.80. The summed E-state index contributed by atoms with van der Waals surface area (Å²) >= 11 is 0. The van der Waals surface area contributed by atoms with Crippen LogP contribution in [0.5, 0.6) is 0 Å². The van der Waals surface area contributed by atoms with E-state index in [1.165, 1.54) is 6.33 Å². The zero-order chi connectivity index (χ0) is 11.4. The number of rotatable bonds is 4. The van der Waals surface area contributed by atoms with E-state index in [4.69, 9.17) is 0 Å². The van der Waals surface area contributed by atoms with Crippen molar-refractivity contribution in [1.82, 2.24) is 25.1 Å². The van der Waals surface area contributed by atoms with Crippen molar-refractivity contribution in [3.8, 4) is 0 Å². The van der Waals surface area contributed by atoms with Gasteiger partial charge in [-0.1, -0.05) is 0 Å². The van der Waals surface area contributed by atoms with Crippen LogP contribution in [0.3, 0.4) is 0 Å². The van der Waals surface area contributed by atoms with E-state index in [0.29, 0.717) is 12.5 Å². The maximum Gasteiger partial charge on any atom is 0.226 e. The third-order valence-corrected chi connectivity index (χ3v) is 1.94. The van der Waals surface area contributed by atoms with Crippen LogP contribution in [0.15, 0.2) is 18.6 Å². The van der Waals surface area contributed by atoms with E-state index >= 15 is 0 Å². The summed E-state index contributed by atoms with van der Waals surface area (Å²) in [6.07, 6.45) is 3.19. The van der Waals surface area contributed by atoms with Crippen molar-refractivity contribution in [1.29, 1.82) is 0 Å². The van der Waals surface area contributed by atoms with Crippen LogP contribution in [0, 0.1) is 0 Å². The number of nitrogens with one attached hydrogen (secondary N) is 2. The Hall–Kier alpha value is -2.18. The molecule has 0 aliphatic carbocycles. The molecule has 2 aromatic rings. The lowest BCUT2D eigenvalue weighted by atomic mass is 10.5. The summed E-state index contributed by atoms with van der Waals surface area (Å²) in [5.74, 6) is 2.20. The fraction of sp³-hybridized carbons (Fsp3) is 0.333. The van der Waals surface area contributed by atoms with Gasteiger partial charge in [-0.25, -0.2) is 9.97 Å². The van der Waals surface area contributed by atoms with Crippen molar-refractivity contribution in [2.24, 2.45) is 0 Å². The molecular formula is C9H13N7. The molecule has 2 N–H and O–H groups in total. The van der Waals surface area contributed by atoms with Gasteiger partial charge in [0.1, 0.15) is 18.0 Å². The number of nitrogens with zero attached hydrogens (tertiary/aromatic N) is 5. The van der Waals surface area contributed by atoms with Crippen molar-refractivity contribution in [3.63, 3.8) is 0 Å². The Kier molecular flexibility index (Phi) is 2.95. The fourth-order valence-electron chi connectivity index (χ4n) is 1.15. The Morgan fingerprint density at radius 2 is 2.25 bits per heavy atom. The molecule has 0 fully saturated rings. The SMILES string of the molecule is CN(C)c1nccc(NCc2ncn[nH]2)n1. The molecule has 16 heavy (non-hydrogen) atoms. The van der Waals surface area contributed by atoms with Gasteiger partial charge in [0.2, 0.25) is 5.95 Å². The molecule has 0 unspecified atom stereocenters. The standard InChI is InChI=1S/C9H13N7/c1-16(2)9-10-4-3-7(14-9)11-5-8-12-6-13-15-8/h3-4,6H,5H2,1-2H3,(H,10,11,14)(H,12,13,15). The van der Waals surface area contributed by atoms with Gasteiger partial charge in [0.15, 0.2) is 0 Å². The second-order valence-corrected chi connectivity index (χ2v) is 3.42. The van der Waals surface area contributed by atoms with Gasteiger partial charge < -0.3 is 10.2 Å². The zero-order valence-electron chi connectivity index (χ0n) is 9.18. The van der Waals surface area contributed by atoms with E-state index in [1.54, 1.807) is 6.20 Å². The zero-order valence-corrected chi connectivity index (χ0v) is 9.18. The number of aromatic nitrogens is 5. The predicted octanol–water partition coefficient (Wildman–Crippen LogP) is 0.273. The van der Waals surface area contributed by atoms with Crippen molar-refractivity contribution in [2.75, 3.05) is 24.3 Å². The van der Waals surface area contributed by atoms with Crippen LogP contribution in [0.4, 0.5) is 11.8 Å². The summed E-state index contributed by atoms with van der Waals surface area (Å²) in [5.41, 5.74) is 0. The normalized spacial score (nSPS) is 10.1. The minimum Gasteiger partial charge on any atom is -0.363 e. The quantitative estimate of drug-likeness (QED) is 0.768. The topological polar surface area (TPSA) is 82.6 Å². The Bertz CT molecular complexity index is 437. The van der Waals surface area contributed by atoms with Crippen LogP contribution in [0.1, 0.15) is 5.82 Å². The molecule has 2 heterocycles. The molecule has 0 spiro atoms. The molecule has 0 saturated carbocycles. The number of aromatic amines is 1. The lowest BCUT2D eigenvalue weighted by molar-refractivity contribution is 0.936. The van der Waals surface area contributed by atoms with Crippen LogP contribution >= 0.6 is 0 Å². The van der Waals surface area contributed by atoms with E-state index < -0.39 is 0 Å². The third kappa shape index (κ3) is 2.44. The molecule has 84 valence electrons.